The maximum Gasteiger partial charge on any atom is 0.321 e. The number of anilines is 2. The molecular weight excluding hydrogens is 424 g/mol. The van der Waals surface area contributed by atoms with Crippen LogP contribution in [0.1, 0.15) is 9.67 Å². The molecule has 0 radical (unpaired) electrons. The van der Waals surface area contributed by atoms with E-state index in [9.17, 15) is 9.59 Å². The third kappa shape index (κ3) is 3.91. The Morgan fingerprint density at radius 3 is 2.73 bits per heavy atom. The lowest BCUT2D eigenvalue weighted by Crippen LogP contribution is -2.43. The van der Waals surface area contributed by atoms with Crippen LogP contribution in [0.2, 0.25) is 0 Å². The average Bonchev–Trinajstić information content (AvgIpc) is 3.10. The minimum Gasteiger partial charge on any atom is -0.397 e. The minimum atomic E-state index is -0.598. The van der Waals surface area contributed by atoms with Crippen molar-refractivity contribution in [3.05, 3.63) is 29.1 Å². The van der Waals surface area contributed by atoms with E-state index in [0.717, 1.165) is 16.9 Å². The van der Waals surface area contributed by atoms with Gasteiger partial charge in [-0.25, -0.2) is 14.8 Å². The molecule has 156 valence electrons. The molecule has 30 heavy (non-hydrogen) atoms. The highest BCUT2D eigenvalue weighted by atomic mass is 32.2. The van der Waals surface area contributed by atoms with Gasteiger partial charge in [0.15, 0.2) is 5.16 Å². The van der Waals surface area contributed by atoms with E-state index >= 15 is 0 Å². The van der Waals surface area contributed by atoms with Crippen molar-refractivity contribution in [2.75, 3.05) is 43.6 Å². The van der Waals surface area contributed by atoms with Crippen LogP contribution in [0.5, 0.6) is 0 Å². The van der Waals surface area contributed by atoms with Crippen LogP contribution in [-0.4, -0.2) is 59.4 Å². The molecule has 1 aliphatic heterocycles. The van der Waals surface area contributed by atoms with Crippen LogP contribution in [0.4, 0.5) is 16.2 Å². The van der Waals surface area contributed by atoms with E-state index in [-0.39, 0.29) is 16.6 Å². The Morgan fingerprint density at radius 1 is 1.27 bits per heavy atom. The molecule has 1 aliphatic rings. The van der Waals surface area contributed by atoms with Gasteiger partial charge in [-0.15, -0.1) is 11.3 Å². The zero-order valence-corrected chi connectivity index (χ0v) is 17.8. The van der Waals surface area contributed by atoms with E-state index in [1.165, 1.54) is 11.8 Å². The van der Waals surface area contributed by atoms with Crippen LogP contribution in [0.3, 0.4) is 0 Å². The van der Waals surface area contributed by atoms with Crippen LogP contribution in [0.15, 0.2) is 29.4 Å². The van der Waals surface area contributed by atoms with Gasteiger partial charge in [-0.2, -0.15) is 0 Å². The summed E-state index contributed by atoms with van der Waals surface area (Å²) in [5.41, 5.74) is 13.9. The Morgan fingerprint density at radius 2 is 2.03 bits per heavy atom. The zero-order valence-electron chi connectivity index (χ0n) is 16.2. The quantitative estimate of drug-likeness (QED) is 0.415. The summed E-state index contributed by atoms with van der Waals surface area (Å²) in [7, 11) is 0. The molecule has 3 heterocycles. The number of morpholine rings is 1. The third-order valence-corrected chi connectivity index (χ3v) is 6.32. The second-order valence-electron chi connectivity index (χ2n) is 6.56. The number of carbonyl (C=O) groups is 2. The van der Waals surface area contributed by atoms with Crippen molar-refractivity contribution in [2.45, 2.75) is 5.16 Å². The fourth-order valence-corrected chi connectivity index (χ4v) is 4.57. The summed E-state index contributed by atoms with van der Waals surface area (Å²) in [6, 6.07) is 7.15. The van der Waals surface area contributed by atoms with Crippen molar-refractivity contribution in [3.63, 3.8) is 0 Å². The molecule has 3 amide bonds. The number of hydrogen-bond donors (Lipinski definition) is 3. The fraction of sp³-hybridized carbons (Fsp3) is 0.263. The molecule has 1 fully saturated rings. The lowest BCUT2D eigenvalue weighted by molar-refractivity contribution is 0.0564. The third-order valence-electron chi connectivity index (χ3n) is 4.66. The molecule has 1 aromatic carbocycles. The standard InChI is InChI=1S/C19H20N6O3S2/c1-29-18-23-14(12-13(20)15(16(21)26)30-17(12)24-18)10-3-2-4-11(9-10)22-19(27)25-5-7-28-8-6-25/h2-4,9H,5-8,20H2,1H3,(H2,21,26)(H,22,27). The monoisotopic (exact) mass is 444 g/mol. The molecule has 0 unspecified atom stereocenters. The number of urea groups is 1. The number of primary amides is 1. The van der Waals surface area contributed by atoms with Gasteiger partial charge in [-0.1, -0.05) is 23.9 Å². The van der Waals surface area contributed by atoms with E-state index in [0.29, 0.717) is 53.1 Å². The number of benzene rings is 1. The number of amides is 3. The number of hydrogen-bond acceptors (Lipinski definition) is 8. The van der Waals surface area contributed by atoms with Gasteiger partial charge < -0.3 is 26.4 Å². The highest BCUT2D eigenvalue weighted by Gasteiger charge is 2.21. The maximum absolute atomic E-state index is 12.5. The molecule has 0 spiro atoms. The van der Waals surface area contributed by atoms with E-state index in [1.54, 1.807) is 4.90 Å². The van der Waals surface area contributed by atoms with Crippen molar-refractivity contribution in [1.29, 1.82) is 0 Å². The van der Waals surface area contributed by atoms with Crippen LogP contribution < -0.4 is 16.8 Å². The van der Waals surface area contributed by atoms with E-state index in [1.807, 2.05) is 30.5 Å². The number of thioether (sulfide) groups is 1. The molecule has 0 saturated carbocycles. The number of rotatable bonds is 4. The number of fused-ring (bicyclic) bond motifs is 1. The Balaban J connectivity index is 1.74. The lowest BCUT2D eigenvalue weighted by atomic mass is 10.1. The first kappa shape index (κ1) is 20.4. The number of nitrogen functional groups attached to an aromatic ring is 1. The van der Waals surface area contributed by atoms with E-state index < -0.39 is 5.91 Å². The Hall–Kier alpha value is -2.89. The molecule has 0 bridgehead atoms. The second-order valence-corrected chi connectivity index (χ2v) is 8.33. The van der Waals surface area contributed by atoms with Gasteiger partial charge in [0, 0.05) is 24.3 Å². The van der Waals surface area contributed by atoms with Crippen LogP contribution >= 0.6 is 23.1 Å². The number of aromatic nitrogens is 2. The molecule has 9 nitrogen and oxygen atoms in total. The van der Waals surface area contributed by atoms with E-state index in [4.69, 9.17) is 16.2 Å². The second kappa shape index (κ2) is 8.46. The molecule has 3 aromatic rings. The van der Waals surface area contributed by atoms with Crippen LogP contribution in [0, 0.1) is 0 Å². The molecule has 11 heteroatoms. The van der Waals surface area contributed by atoms with Crippen molar-refractivity contribution < 1.29 is 14.3 Å². The number of nitrogens with two attached hydrogens (primary N) is 2. The van der Waals surface area contributed by atoms with Gasteiger partial charge in [-0.3, -0.25) is 4.79 Å². The highest BCUT2D eigenvalue weighted by Crippen LogP contribution is 2.39. The van der Waals surface area contributed by atoms with Crippen molar-refractivity contribution in [3.8, 4) is 11.3 Å². The van der Waals surface area contributed by atoms with Gasteiger partial charge in [0.1, 0.15) is 9.71 Å². The zero-order chi connectivity index (χ0) is 21.3. The maximum atomic E-state index is 12.5. The van der Waals surface area contributed by atoms with Gasteiger partial charge in [0.25, 0.3) is 5.91 Å². The highest BCUT2D eigenvalue weighted by molar-refractivity contribution is 7.98. The van der Waals surface area contributed by atoms with Gasteiger partial charge in [-0.05, 0) is 18.4 Å². The summed E-state index contributed by atoms with van der Waals surface area (Å²) in [5.74, 6) is -0.598. The summed E-state index contributed by atoms with van der Waals surface area (Å²) in [6.07, 6.45) is 1.87. The summed E-state index contributed by atoms with van der Waals surface area (Å²) in [6.45, 7) is 2.17. The summed E-state index contributed by atoms with van der Waals surface area (Å²) in [4.78, 5) is 35.9. The molecule has 0 aliphatic carbocycles. The number of carbonyl (C=O) groups excluding carboxylic acids is 2. The predicted molar refractivity (Wildman–Crippen MR) is 119 cm³/mol. The largest absolute Gasteiger partial charge is 0.397 e. The van der Waals surface area contributed by atoms with Crippen LogP contribution in [0.25, 0.3) is 21.5 Å². The van der Waals surface area contributed by atoms with Crippen molar-refractivity contribution >= 4 is 56.6 Å². The SMILES string of the molecule is CSc1nc(-c2cccc(NC(=O)N3CCOCC3)c2)c2c(N)c(C(N)=O)sc2n1. The first-order valence-corrected chi connectivity index (χ1v) is 11.2. The summed E-state index contributed by atoms with van der Waals surface area (Å²) >= 11 is 2.54. The number of nitrogens with one attached hydrogen (secondary N) is 1. The van der Waals surface area contributed by atoms with Gasteiger partial charge in [0.2, 0.25) is 0 Å². The van der Waals surface area contributed by atoms with Gasteiger partial charge in [0.05, 0.1) is 30.0 Å². The molecule has 1 saturated heterocycles. The molecular formula is C19H20N6O3S2. The molecule has 2 aromatic heterocycles. The topological polar surface area (TPSA) is 136 Å². The lowest BCUT2D eigenvalue weighted by Gasteiger charge is -2.27. The Bertz CT molecular complexity index is 1130. The van der Waals surface area contributed by atoms with Gasteiger partial charge >= 0.3 is 6.03 Å². The number of thiophene rings is 1. The average molecular weight is 445 g/mol. The first-order chi connectivity index (χ1) is 14.5. The number of ether oxygens (including phenoxy) is 1. The summed E-state index contributed by atoms with van der Waals surface area (Å²) < 4.78 is 5.29. The Labute approximate surface area is 180 Å². The molecule has 5 N–H and O–H groups in total. The fourth-order valence-electron chi connectivity index (χ4n) is 3.20. The molecule has 4 rings (SSSR count). The van der Waals surface area contributed by atoms with Crippen LogP contribution in [-0.2, 0) is 4.74 Å². The number of nitrogens with zero attached hydrogens (tertiary/aromatic N) is 3. The smallest absolute Gasteiger partial charge is 0.321 e. The van der Waals surface area contributed by atoms with E-state index in [2.05, 4.69) is 15.3 Å². The van der Waals surface area contributed by atoms with Crippen molar-refractivity contribution in [1.82, 2.24) is 14.9 Å². The molecule has 0 atom stereocenters. The minimum absolute atomic E-state index is 0.181. The Kier molecular flexibility index (Phi) is 5.75. The summed E-state index contributed by atoms with van der Waals surface area (Å²) in [5, 5.41) is 4.06. The van der Waals surface area contributed by atoms with Crippen molar-refractivity contribution in [2.24, 2.45) is 5.73 Å². The predicted octanol–water partition coefficient (Wildman–Crippen LogP) is 2.63. The first-order valence-electron chi connectivity index (χ1n) is 9.16. The normalized spacial score (nSPS) is 14.1.